The largest absolute Gasteiger partial charge is 0.378 e. The Kier molecular flexibility index (Phi) is 2.69. The van der Waals surface area contributed by atoms with E-state index in [0.717, 1.165) is 5.56 Å². The third kappa shape index (κ3) is 1.69. The second kappa shape index (κ2) is 3.76. The number of hydrogen-bond acceptors (Lipinski definition) is 2. The van der Waals surface area contributed by atoms with E-state index in [0.29, 0.717) is 11.0 Å². The molecule has 2 rings (SSSR count). The van der Waals surface area contributed by atoms with Crippen LogP contribution in [0.3, 0.4) is 0 Å². The standard InChI is InChI=1S/C8H7NO2.C2H4/c1-5-2-3-6-7(4-5)11-9-8(6)10;1-2/h2-4H,1H3,(H,9,10);1-2H2. The van der Waals surface area contributed by atoms with Crippen LogP contribution in [0.2, 0.25) is 0 Å². The predicted molar refractivity (Wildman–Crippen MR) is 52.8 cm³/mol. The number of benzene rings is 1. The van der Waals surface area contributed by atoms with Crippen LogP contribution >= 0.6 is 0 Å². The summed E-state index contributed by atoms with van der Waals surface area (Å²) >= 11 is 0. The molecule has 3 heteroatoms. The van der Waals surface area contributed by atoms with Crippen molar-refractivity contribution in [1.82, 2.24) is 5.16 Å². The highest BCUT2D eigenvalue weighted by atomic mass is 16.5. The van der Waals surface area contributed by atoms with Crippen LogP contribution in [-0.2, 0) is 0 Å². The van der Waals surface area contributed by atoms with Crippen LogP contribution in [0.4, 0.5) is 0 Å². The Balaban J connectivity index is 0.000000396. The summed E-state index contributed by atoms with van der Waals surface area (Å²) in [6.45, 7) is 7.95. The molecular formula is C10H11NO2. The molecule has 1 aromatic carbocycles. The molecule has 0 fully saturated rings. The zero-order valence-corrected chi connectivity index (χ0v) is 7.46. The molecule has 0 unspecified atom stereocenters. The van der Waals surface area contributed by atoms with E-state index >= 15 is 0 Å². The monoisotopic (exact) mass is 177 g/mol. The highest BCUT2D eigenvalue weighted by Crippen LogP contribution is 2.10. The van der Waals surface area contributed by atoms with Gasteiger partial charge < -0.3 is 4.52 Å². The molecule has 0 atom stereocenters. The van der Waals surface area contributed by atoms with Gasteiger partial charge in [-0.2, -0.15) is 5.16 Å². The molecule has 0 aliphatic carbocycles. The maximum Gasteiger partial charge on any atom is 0.287 e. The van der Waals surface area contributed by atoms with Crippen LogP contribution in [0.1, 0.15) is 5.56 Å². The maximum atomic E-state index is 10.9. The van der Waals surface area contributed by atoms with E-state index in [2.05, 4.69) is 18.3 Å². The fourth-order valence-corrected chi connectivity index (χ4v) is 1.06. The van der Waals surface area contributed by atoms with Crippen molar-refractivity contribution in [3.05, 3.63) is 47.3 Å². The van der Waals surface area contributed by atoms with E-state index < -0.39 is 0 Å². The predicted octanol–water partition coefficient (Wildman–Crippen LogP) is 2.23. The van der Waals surface area contributed by atoms with Crippen LogP contribution in [0.15, 0.2) is 40.7 Å². The summed E-state index contributed by atoms with van der Waals surface area (Å²) < 4.78 is 4.89. The number of H-pyrrole nitrogens is 1. The number of rotatable bonds is 0. The SMILES string of the molecule is C=C.Cc1ccc2c(=O)[nH]oc2c1. The third-order valence-corrected chi connectivity index (χ3v) is 1.64. The summed E-state index contributed by atoms with van der Waals surface area (Å²) in [4.78, 5) is 10.9. The van der Waals surface area contributed by atoms with Gasteiger partial charge in [-0.3, -0.25) is 4.79 Å². The number of aromatic amines is 1. The average Bonchev–Trinajstić information content (AvgIpc) is 2.51. The highest BCUT2D eigenvalue weighted by Gasteiger charge is 2.00. The van der Waals surface area contributed by atoms with Crippen molar-refractivity contribution in [1.29, 1.82) is 0 Å². The van der Waals surface area contributed by atoms with Gasteiger partial charge in [0.15, 0.2) is 5.58 Å². The van der Waals surface area contributed by atoms with Gasteiger partial charge >= 0.3 is 0 Å². The van der Waals surface area contributed by atoms with Crippen molar-refractivity contribution in [2.75, 3.05) is 0 Å². The maximum absolute atomic E-state index is 10.9. The summed E-state index contributed by atoms with van der Waals surface area (Å²) in [5.41, 5.74) is 1.54. The number of aryl methyl sites for hydroxylation is 1. The molecule has 0 saturated heterocycles. The molecule has 0 amide bonds. The number of fused-ring (bicyclic) bond motifs is 1. The first-order valence-electron chi connectivity index (χ1n) is 3.85. The molecule has 0 saturated carbocycles. The molecule has 68 valence electrons. The minimum Gasteiger partial charge on any atom is -0.378 e. The molecule has 0 radical (unpaired) electrons. The Hall–Kier alpha value is -1.77. The van der Waals surface area contributed by atoms with Crippen molar-refractivity contribution in [3.63, 3.8) is 0 Å². The number of aromatic nitrogens is 1. The van der Waals surface area contributed by atoms with Gasteiger partial charge in [0.1, 0.15) is 0 Å². The smallest absolute Gasteiger partial charge is 0.287 e. The van der Waals surface area contributed by atoms with Crippen molar-refractivity contribution in [3.8, 4) is 0 Å². The van der Waals surface area contributed by atoms with Crippen LogP contribution in [0.25, 0.3) is 11.0 Å². The Labute approximate surface area is 75.7 Å². The highest BCUT2D eigenvalue weighted by molar-refractivity contribution is 5.76. The second-order valence-corrected chi connectivity index (χ2v) is 2.53. The van der Waals surface area contributed by atoms with Gasteiger partial charge in [-0.1, -0.05) is 6.07 Å². The van der Waals surface area contributed by atoms with E-state index in [1.54, 1.807) is 6.07 Å². The van der Waals surface area contributed by atoms with Crippen LogP contribution in [0.5, 0.6) is 0 Å². The summed E-state index contributed by atoms with van der Waals surface area (Å²) in [5, 5.41) is 2.88. The van der Waals surface area contributed by atoms with Crippen LogP contribution < -0.4 is 5.56 Å². The fourth-order valence-electron chi connectivity index (χ4n) is 1.06. The van der Waals surface area contributed by atoms with Crippen molar-refractivity contribution in [2.24, 2.45) is 0 Å². The molecule has 0 aliphatic heterocycles. The van der Waals surface area contributed by atoms with Crippen molar-refractivity contribution < 1.29 is 4.52 Å². The molecule has 0 spiro atoms. The van der Waals surface area contributed by atoms with Gasteiger partial charge in [-0.15, -0.1) is 13.2 Å². The van der Waals surface area contributed by atoms with Crippen LogP contribution in [-0.4, -0.2) is 5.16 Å². The van der Waals surface area contributed by atoms with E-state index in [9.17, 15) is 4.79 Å². The third-order valence-electron chi connectivity index (χ3n) is 1.64. The second-order valence-electron chi connectivity index (χ2n) is 2.53. The zero-order chi connectivity index (χ0) is 9.84. The molecule has 2 aromatic rings. The lowest BCUT2D eigenvalue weighted by molar-refractivity contribution is 0.449. The molecule has 1 N–H and O–H groups in total. The Bertz CT molecular complexity index is 453. The Morgan fingerprint density at radius 3 is 2.77 bits per heavy atom. The summed E-state index contributed by atoms with van der Waals surface area (Å²) in [6, 6.07) is 5.47. The normalized spacial score (nSPS) is 9.31. The first kappa shape index (κ1) is 9.32. The van der Waals surface area contributed by atoms with Crippen LogP contribution in [0, 0.1) is 6.92 Å². The van der Waals surface area contributed by atoms with Crippen molar-refractivity contribution >= 4 is 11.0 Å². The van der Waals surface area contributed by atoms with Gasteiger partial charge in [0.05, 0.1) is 5.39 Å². The molecule has 0 bridgehead atoms. The average molecular weight is 177 g/mol. The Morgan fingerprint density at radius 1 is 1.38 bits per heavy atom. The minimum absolute atomic E-state index is 0.167. The Morgan fingerprint density at radius 2 is 2.08 bits per heavy atom. The first-order valence-corrected chi connectivity index (χ1v) is 3.85. The van der Waals surface area contributed by atoms with Crippen molar-refractivity contribution in [2.45, 2.75) is 6.92 Å². The molecule has 0 aliphatic rings. The van der Waals surface area contributed by atoms with E-state index in [1.165, 1.54) is 0 Å². The van der Waals surface area contributed by atoms with Gasteiger partial charge in [-0.05, 0) is 24.6 Å². The molecule has 1 aromatic heterocycles. The first-order chi connectivity index (χ1) is 6.27. The van der Waals surface area contributed by atoms with Gasteiger partial charge in [0.2, 0.25) is 0 Å². The summed E-state index contributed by atoms with van der Waals surface area (Å²) in [5.74, 6) is 0. The van der Waals surface area contributed by atoms with Gasteiger partial charge in [-0.25, -0.2) is 0 Å². The molecule has 1 heterocycles. The zero-order valence-electron chi connectivity index (χ0n) is 7.46. The molecule has 3 nitrogen and oxygen atoms in total. The quantitative estimate of drug-likeness (QED) is 0.627. The van der Waals surface area contributed by atoms with E-state index in [4.69, 9.17) is 4.52 Å². The number of hydrogen-bond donors (Lipinski definition) is 1. The van der Waals surface area contributed by atoms with Gasteiger partial charge in [0.25, 0.3) is 5.56 Å². The molecule has 13 heavy (non-hydrogen) atoms. The van der Waals surface area contributed by atoms with Gasteiger partial charge in [0, 0.05) is 0 Å². The van der Waals surface area contributed by atoms with E-state index in [-0.39, 0.29) is 5.56 Å². The summed E-state index contributed by atoms with van der Waals surface area (Å²) in [7, 11) is 0. The fraction of sp³-hybridized carbons (Fsp3) is 0.100. The topological polar surface area (TPSA) is 46.0 Å². The lowest BCUT2D eigenvalue weighted by atomic mass is 10.2. The molecular weight excluding hydrogens is 166 g/mol. The lowest BCUT2D eigenvalue weighted by Gasteiger charge is -1.87. The summed E-state index contributed by atoms with van der Waals surface area (Å²) in [6.07, 6.45) is 0. The minimum atomic E-state index is -0.167. The number of nitrogens with one attached hydrogen (secondary N) is 1. The van der Waals surface area contributed by atoms with E-state index in [1.807, 2.05) is 19.1 Å². The lowest BCUT2D eigenvalue weighted by Crippen LogP contribution is -1.95.